The second-order valence-electron chi connectivity index (χ2n) is 5.19. The number of benzene rings is 1. The number of amides is 1. The van der Waals surface area contributed by atoms with Gasteiger partial charge in [0.25, 0.3) is 0 Å². The van der Waals surface area contributed by atoms with Crippen LogP contribution in [0.25, 0.3) is 0 Å². The minimum atomic E-state index is -3.16. The fourth-order valence-corrected chi connectivity index (χ4v) is 4.08. The van der Waals surface area contributed by atoms with E-state index in [4.69, 9.17) is 0 Å². The van der Waals surface area contributed by atoms with E-state index in [2.05, 4.69) is 5.32 Å². The minimum absolute atomic E-state index is 0.0124. The number of carboxylic acids is 1. The van der Waals surface area contributed by atoms with Gasteiger partial charge in [-0.3, -0.25) is 4.79 Å². The van der Waals surface area contributed by atoms with Gasteiger partial charge in [0.1, 0.15) is 6.04 Å². The van der Waals surface area contributed by atoms with Gasteiger partial charge in [-0.15, -0.1) is 0 Å². The predicted octanol–water partition coefficient (Wildman–Crippen LogP) is 0.233. The van der Waals surface area contributed by atoms with Crippen LogP contribution in [0.1, 0.15) is 12.0 Å². The second-order valence-corrected chi connectivity index (χ2v) is 7.42. The fraction of sp³-hybridized carbons (Fsp3) is 0.429. The molecule has 1 amide bonds. The van der Waals surface area contributed by atoms with Gasteiger partial charge < -0.3 is 10.4 Å². The number of aliphatic carboxylic acids is 1. The molecule has 0 radical (unpaired) electrons. The summed E-state index contributed by atoms with van der Waals surface area (Å²) >= 11 is 0. The van der Waals surface area contributed by atoms with Crippen molar-refractivity contribution in [2.45, 2.75) is 18.9 Å². The van der Waals surface area contributed by atoms with Gasteiger partial charge in [-0.25, -0.2) is 13.2 Å². The van der Waals surface area contributed by atoms with Crippen LogP contribution in [0.2, 0.25) is 0 Å². The standard InChI is InChI=1S/C14H17NO5S/c16-13(11-6-7-21(19,20)9-11)15-12(14(17)18)8-10-4-2-1-3-5-10/h1-5,11-12H,6-9H2,(H,15,16)(H,17,18)/t11-,12+/m1/s1. The van der Waals surface area contributed by atoms with E-state index in [9.17, 15) is 23.1 Å². The molecule has 1 saturated heterocycles. The van der Waals surface area contributed by atoms with Crippen molar-refractivity contribution in [2.24, 2.45) is 5.92 Å². The molecule has 1 fully saturated rings. The topological polar surface area (TPSA) is 101 Å². The Balaban J connectivity index is 2.00. The van der Waals surface area contributed by atoms with Crippen LogP contribution in [0, 0.1) is 5.92 Å². The summed E-state index contributed by atoms with van der Waals surface area (Å²) in [4.78, 5) is 23.2. The summed E-state index contributed by atoms with van der Waals surface area (Å²) in [5.41, 5.74) is 0.796. The Morgan fingerprint density at radius 1 is 1.29 bits per heavy atom. The van der Waals surface area contributed by atoms with Crippen molar-refractivity contribution < 1.29 is 23.1 Å². The third-order valence-electron chi connectivity index (χ3n) is 3.50. The molecule has 7 heteroatoms. The maximum Gasteiger partial charge on any atom is 0.326 e. The van der Waals surface area contributed by atoms with Crippen LogP contribution in [-0.2, 0) is 25.8 Å². The Bertz CT molecular complexity index is 626. The summed E-state index contributed by atoms with van der Waals surface area (Å²) in [6, 6.07) is 7.91. The molecule has 0 bridgehead atoms. The lowest BCUT2D eigenvalue weighted by Gasteiger charge is -2.17. The highest BCUT2D eigenvalue weighted by Crippen LogP contribution is 2.18. The van der Waals surface area contributed by atoms with Crippen molar-refractivity contribution >= 4 is 21.7 Å². The molecule has 6 nitrogen and oxygen atoms in total. The van der Waals surface area contributed by atoms with Crippen LogP contribution >= 0.6 is 0 Å². The maximum atomic E-state index is 12.0. The zero-order valence-corrected chi connectivity index (χ0v) is 12.2. The number of rotatable bonds is 5. The summed E-state index contributed by atoms with van der Waals surface area (Å²) < 4.78 is 22.7. The molecule has 0 aromatic heterocycles. The lowest BCUT2D eigenvalue weighted by Crippen LogP contribution is -2.45. The van der Waals surface area contributed by atoms with Crippen molar-refractivity contribution in [2.75, 3.05) is 11.5 Å². The molecular formula is C14H17NO5S. The van der Waals surface area contributed by atoms with Crippen molar-refractivity contribution in [3.05, 3.63) is 35.9 Å². The van der Waals surface area contributed by atoms with Gasteiger partial charge in [-0.05, 0) is 12.0 Å². The lowest BCUT2D eigenvalue weighted by molar-refractivity contribution is -0.142. The van der Waals surface area contributed by atoms with Crippen molar-refractivity contribution in [3.8, 4) is 0 Å². The fourth-order valence-electron chi connectivity index (χ4n) is 2.34. The monoisotopic (exact) mass is 311 g/mol. The van der Waals surface area contributed by atoms with E-state index in [0.717, 1.165) is 5.56 Å². The number of carbonyl (C=O) groups excluding carboxylic acids is 1. The summed E-state index contributed by atoms with van der Waals surface area (Å²) in [6.07, 6.45) is 0.424. The SMILES string of the molecule is O=C(N[C@@H](Cc1ccccc1)C(=O)O)[C@@H]1CCS(=O)(=O)C1. The molecule has 0 spiro atoms. The first-order valence-electron chi connectivity index (χ1n) is 6.65. The van der Waals surface area contributed by atoms with E-state index in [0.29, 0.717) is 0 Å². The van der Waals surface area contributed by atoms with Crippen LogP contribution < -0.4 is 5.32 Å². The van der Waals surface area contributed by atoms with Crippen LogP contribution in [0.15, 0.2) is 30.3 Å². The van der Waals surface area contributed by atoms with E-state index in [1.807, 2.05) is 6.07 Å². The highest BCUT2D eigenvalue weighted by Gasteiger charge is 2.34. The third-order valence-corrected chi connectivity index (χ3v) is 5.27. The van der Waals surface area contributed by atoms with Gasteiger partial charge in [0, 0.05) is 6.42 Å². The molecule has 2 N–H and O–H groups in total. The first kappa shape index (κ1) is 15.5. The highest BCUT2D eigenvalue weighted by molar-refractivity contribution is 7.91. The van der Waals surface area contributed by atoms with Crippen molar-refractivity contribution in [1.29, 1.82) is 0 Å². The lowest BCUT2D eigenvalue weighted by atomic mass is 10.0. The van der Waals surface area contributed by atoms with Crippen LogP contribution in [0.4, 0.5) is 0 Å². The predicted molar refractivity (Wildman–Crippen MR) is 76.5 cm³/mol. The zero-order chi connectivity index (χ0) is 15.5. The van der Waals surface area contributed by atoms with Gasteiger partial charge in [0.15, 0.2) is 9.84 Å². The third kappa shape index (κ3) is 4.29. The minimum Gasteiger partial charge on any atom is -0.480 e. The largest absolute Gasteiger partial charge is 0.480 e. The molecule has 1 aliphatic rings. The highest BCUT2D eigenvalue weighted by atomic mass is 32.2. The number of carbonyl (C=O) groups is 2. The van der Waals surface area contributed by atoms with E-state index in [1.165, 1.54) is 0 Å². The molecular weight excluding hydrogens is 294 g/mol. The molecule has 1 aliphatic heterocycles. The summed E-state index contributed by atoms with van der Waals surface area (Å²) in [7, 11) is -3.16. The Kier molecular flexibility index (Phi) is 4.62. The van der Waals surface area contributed by atoms with Gasteiger partial charge in [-0.2, -0.15) is 0 Å². The first-order chi connectivity index (χ1) is 9.87. The number of carboxylic acid groups (broad SMARTS) is 1. The molecule has 114 valence electrons. The molecule has 1 aromatic carbocycles. The van der Waals surface area contributed by atoms with Crippen LogP contribution in [0.5, 0.6) is 0 Å². The van der Waals surface area contributed by atoms with Gasteiger partial charge in [0.05, 0.1) is 17.4 Å². The molecule has 0 saturated carbocycles. The Labute approximate surface area is 123 Å². The first-order valence-corrected chi connectivity index (χ1v) is 8.47. The molecule has 1 aromatic rings. The second kappa shape index (κ2) is 6.26. The quantitative estimate of drug-likeness (QED) is 0.811. The molecule has 2 atom stereocenters. The van der Waals surface area contributed by atoms with Crippen molar-refractivity contribution in [3.63, 3.8) is 0 Å². The average molecular weight is 311 g/mol. The molecule has 0 aliphatic carbocycles. The number of sulfone groups is 1. The molecule has 2 rings (SSSR count). The number of hydrogen-bond acceptors (Lipinski definition) is 4. The van der Waals surface area contributed by atoms with E-state index in [-0.39, 0.29) is 24.3 Å². The Hall–Kier alpha value is -1.89. The van der Waals surface area contributed by atoms with Crippen molar-refractivity contribution in [1.82, 2.24) is 5.32 Å². The van der Waals surface area contributed by atoms with E-state index >= 15 is 0 Å². The summed E-state index contributed by atoms with van der Waals surface area (Å²) in [5, 5.41) is 11.6. The van der Waals surface area contributed by atoms with E-state index in [1.54, 1.807) is 24.3 Å². The normalized spacial score (nSPS) is 21.6. The number of nitrogens with one attached hydrogen (secondary N) is 1. The van der Waals surface area contributed by atoms with Crippen LogP contribution in [0.3, 0.4) is 0 Å². The smallest absolute Gasteiger partial charge is 0.326 e. The van der Waals surface area contributed by atoms with Gasteiger partial charge >= 0.3 is 5.97 Å². The van der Waals surface area contributed by atoms with E-state index < -0.39 is 33.7 Å². The van der Waals surface area contributed by atoms with Gasteiger partial charge in [0.2, 0.25) is 5.91 Å². The average Bonchev–Trinajstić information content (AvgIpc) is 2.79. The number of hydrogen-bond donors (Lipinski definition) is 2. The molecule has 1 heterocycles. The Morgan fingerprint density at radius 2 is 1.95 bits per heavy atom. The Morgan fingerprint density at radius 3 is 2.48 bits per heavy atom. The molecule has 21 heavy (non-hydrogen) atoms. The van der Waals surface area contributed by atoms with Gasteiger partial charge in [-0.1, -0.05) is 30.3 Å². The summed E-state index contributed by atoms with van der Waals surface area (Å²) in [6.45, 7) is 0. The van der Waals surface area contributed by atoms with Crippen LogP contribution in [-0.4, -0.2) is 42.9 Å². The zero-order valence-electron chi connectivity index (χ0n) is 11.4. The maximum absolute atomic E-state index is 12.0. The molecule has 0 unspecified atom stereocenters. The summed E-state index contributed by atoms with van der Waals surface area (Å²) in [5.74, 6) is -2.49.